The first kappa shape index (κ1) is 20.2. The molecular formula is C21H31N3O2S. The smallest absolute Gasteiger partial charge is 0.232 e. The van der Waals surface area contributed by atoms with Crippen LogP contribution in [0.1, 0.15) is 19.3 Å². The average Bonchev–Trinajstić information content (AvgIpc) is 3.00. The lowest BCUT2D eigenvalue weighted by molar-refractivity contribution is -0.131. The van der Waals surface area contributed by atoms with Gasteiger partial charge in [-0.25, -0.2) is 0 Å². The fourth-order valence-corrected chi connectivity index (χ4v) is 5.24. The molecule has 2 aromatic rings. The molecule has 0 radical (unpaired) electrons. The molecule has 1 aliphatic heterocycles. The van der Waals surface area contributed by atoms with E-state index in [1.54, 1.807) is 11.8 Å². The van der Waals surface area contributed by atoms with Gasteiger partial charge in [0.2, 0.25) is 5.91 Å². The molecule has 0 saturated carbocycles. The van der Waals surface area contributed by atoms with Gasteiger partial charge in [-0.05, 0) is 45.3 Å². The van der Waals surface area contributed by atoms with Crippen molar-refractivity contribution in [2.45, 2.75) is 30.2 Å². The quantitative estimate of drug-likeness (QED) is 0.740. The summed E-state index contributed by atoms with van der Waals surface area (Å²) in [6, 6.07) is 8.82. The fraction of sp³-hybridized carbons (Fsp3) is 0.571. The number of carbonyl (C=O) groups is 1. The van der Waals surface area contributed by atoms with Crippen LogP contribution in [0, 0.1) is 5.92 Å². The van der Waals surface area contributed by atoms with Crippen molar-refractivity contribution in [1.82, 2.24) is 14.4 Å². The van der Waals surface area contributed by atoms with E-state index < -0.39 is 0 Å². The van der Waals surface area contributed by atoms with Crippen molar-refractivity contribution < 1.29 is 9.90 Å². The summed E-state index contributed by atoms with van der Waals surface area (Å²) in [6.07, 6.45) is 4.90. The summed E-state index contributed by atoms with van der Waals surface area (Å²) in [5.41, 5.74) is 1.20. The van der Waals surface area contributed by atoms with Gasteiger partial charge in [-0.3, -0.25) is 4.79 Å². The van der Waals surface area contributed by atoms with Crippen molar-refractivity contribution in [3.05, 3.63) is 30.5 Å². The molecule has 27 heavy (non-hydrogen) atoms. The molecular weight excluding hydrogens is 358 g/mol. The van der Waals surface area contributed by atoms with E-state index in [0.717, 1.165) is 32.4 Å². The van der Waals surface area contributed by atoms with E-state index in [-0.39, 0.29) is 12.5 Å². The molecule has 6 heteroatoms. The molecule has 1 saturated heterocycles. The van der Waals surface area contributed by atoms with E-state index in [2.05, 4.69) is 41.9 Å². The highest BCUT2D eigenvalue weighted by Crippen LogP contribution is 2.30. The Bertz CT molecular complexity index is 774. The number of aliphatic hydroxyl groups is 1. The molecule has 2 atom stereocenters. The second-order valence-electron chi connectivity index (χ2n) is 7.70. The topological polar surface area (TPSA) is 48.7 Å². The Kier molecular flexibility index (Phi) is 6.84. The highest BCUT2D eigenvalue weighted by molar-refractivity contribution is 8.00. The van der Waals surface area contributed by atoms with Gasteiger partial charge in [0.25, 0.3) is 0 Å². The van der Waals surface area contributed by atoms with Gasteiger partial charge in [-0.15, -0.1) is 11.8 Å². The van der Waals surface area contributed by atoms with E-state index >= 15 is 0 Å². The zero-order chi connectivity index (χ0) is 19.4. The lowest BCUT2D eigenvalue weighted by atomic mass is 9.87. The molecule has 1 aromatic carbocycles. The first-order valence-electron chi connectivity index (χ1n) is 9.73. The third-order valence-corrected chi connectivity index (χ3v) is 6.68. The van der Waals surface area contributed by atoms with Gasteiger partial charge in [-0.1, -0.05) is 18.2 Å². The van der Waals surface area contributed by atoms with Crippen LogP contribution in [0.5, 0.6) is 0 Å². The summed E-state index contributed by atoms with van der Waals surface area (Å²) in [4.78, 5) is 18.3. The summed E-state index contributed by atoms with van der Waals surface area (Å²) in [7, 11) is 6.28. The lowest BCUT2D eigenvalue weighted by Crippen LogP contribution is -2.51. The molecule has 0 bridgehead atoms. The normalized spacial score (nSPS) is 20.6. The number of benzene rings is 1. The van der Waals surface area contributed by atoms with Crippen molar-refractivity contribution in [2.24, 2.45) is 13.0 Å². The van der Waals surface area contributed by atoms with Gasteiger partial charge in [-0.2, -0.15) is 0 Å². The highest BCUT2D eigenvalue weighted by atomic mass is 32.2. The van der Waals surface area contributed by atoms with Gasteiger partial charge in [0.1, 0.15) is 0 Å². The Morgan fingerprint density at radius 2 is 2.11 bits per heavy atom. The van der Waals surface area contributed by atoms with Crippen LogP contribution >= 0.6 is 11.8 Å². The zero-order valence-corrected chi connectivity index (χ0v) is 17.4. The monoisotopic (exact) mass is 389 g/mol. The van der Waals surface area contributed by atoms with Crippen LogP contribution in [0.4, 0.5) is 0 Å². The summed E-state index contributed by atoms with van der Waals surface area (Å²) in [5.74, 6) is 1.14. The van der Waals surface area contributed by atoms with Crippen molar-refractivity contribution in [3.63, 3.8) is 0 Å². The lowest BCUT2D eigenvalue weighted by Gasteiger charge is -2.41. The predicted octanol–water partition coefficient (Wildman–Crippen LogP) is 2.82. The minimum Gasteiger partial charge on any atom is -0.396 e. The number of piperidine rings is 1. The zero-order valence-electron chi connectivity index (χ0n) is 16.6. The number of thioether (sulfide) groups is 1. The summed E-state index contributed by atoms with van der Waals surface area (Å²) in [6.45, 7) is 1.85. The molecule has 3 rings (SSSR count). The van der Waals surface area contributed by atoms with Crippen LogP contribution in [0.3, 0.4) is 0 Å². The largest absolute Gasteiger partial charge is 0.396 e. The number of aryl methyl sites for hydroxylation is 1. The van der Waals surface area contributed by atoms with Crippen LogP contribution in [0.15, 0.2) is 35.4 Å². The van der Waals surface area contributed by atoms with Crippen LogP contribution in [0.25, 0.3) is 10.9 Å². The van der Waals surface area contributed by atoms with Crippen molar-refractivity contribution >= 4 is 28.6 Å². The Morgan fingerprint density at radius 1 is 1.33 bits per heavy atom. The summed E-state index contributed by atoms with van der Waals surface area (Å²) in [5, 5.41) is 10.4. The van der Waals surface area contributed by atoms with Gasteiger partial charge >= 0.3 is 0 Å². The minimum absolute atomic E-state index is 0.221. The van der Waals surface area contributed by atoms with Crippen LogP contribution in [-0.2, 0) is 11.8 Å². The van der Waals surface area contributed by atoms with Gasteiger partial charge in [0, 0.05) is 54.8 Å². The number of amides is 1. The third kappa shape index (κ3) is 4.68. The molecule has 1 aliphatic rings. The average molecular weight is 390 g/mol. The number of likely N-dealkylation sites (tertiary alicyclic amines) is 1. The van der Waals surface area contributed by atoms with Gasteiger partial charge in [0.15, 0.2) is 0 Å². The molecule has 1 N–H and O–H groups in total. The van der Waals surface area contributed by atoms with E-state index in [1.165, 1.54) is 15.8 Å². The maximum atomic E-state index is 12.8. The third-order valence-electron chi connectivity index (χ3n) is 5.65. The summed E-state index contributed by atoms with van der Waals surface area (Å²) < 4.78 is 2.12. The fourth-order valence-electron chi connectivity index (χ4n) is 4.21. The van der Waals surface area contributed by atoms with E-state index in [4.69, 9.17) is 0 Å². The molecule has 1 aromatic heterocycles. The molecule has 5 nitrogen and oxygen atoms in total. The molecule has 0 aliphatic carbocycles. The standard InChI is InChI=1S/C21H31N3O2S/c1-22(2)18-10-11-24(13-16(18)7-6-12-25)21(26)15-27-20-14-23(3)19-9-5-4-8-17(19)20/h4-5,8-9,14,16,18,25H,6-7,10-13,15H2,1-3H3/t16-,18+/m0/s1. The molecule has 0 spiro atoms. The van der Waals surface area contributed by atoms with E-state index in [9.17, 15) is 9.90 Å². The molecule has 1 amide bonds. The van der Waals surface area contributed by atoms with E-state index in [1.807, 2.05) is 24.1 Å². The molecule has 148 valence electrons. The molecule has 2 heterocycles. The number of carbonyl (C=O) groups excluding carboxylic acids is 1. The number of para-hydroxylation sites is 1. The molecule has 1 fully saturated rings. The predicted molar refractivity (Wildman–Crippen MR) is 112 cm³/mol. The Labute approximate surface area is 166 Å². The number of aromatic nitrogens is 1. The number of hydrogen-bond donors (Lipinski definition) is 1. The number of fused-ring (bicyclic) bond motifs is 1. The first-order valence-corrected chi connectivity index (χ1v) is 10.7. The Hall–Kier alpha value is -1.50. The highest BCUT2D eigenvalue weighted by Gasteiger charge is 2.32. The van der Waals surface area contributed by atoms with Crippen molar-refractivity contribution in [3.8, 4) is 0 Å². The second kappa shape index (κ2) is 9.13. The number of nitrogens with zero attached hydrogens (tertiary/aromatic N) is 3. The Morgan fingerprint density at radius 3 is 2.85 bits per heavy atom. The SMILES string of the molecule is CN(C)[C@@H]1CCN(C(=O)CSc2cn(C)c3ccccc23)C[C@@H]1CCCO. The maximum Gasteiger partial charge on any atom is 0.232 e. The second-order valence-corrected chi connectivity index (χ2v) is 8.71. The van der Waals surface area contributed by atoms with Gasteiger partial charge < -0.3 is 19.5 Å². The number of rotatable bonds is 7. The van der Waals surface area contributed by atoms with Crippen molar-refractivity contribution in [1.29, 1.82) is 0 Å². The molecule has 0 unspecified atom stereocenters. The minimum atomic E-state index is 0.221. The van der Waals surface area contributed by atoms with E-state index in [0.29, 0.717) is 17.7 Å². The van der Waals surface area contributed by atoms with Crippen LogP contribution < -0.4 is 0 Å². The summed E-state index contributed by atoms with van der Waals surface area (Å²) >= 11 is 1.64. The Balaban J connectivity index is 1.62. The maximum absolute atomic E-state index is 12.8. The first-order chi connectivity index (χ1) is 13.0. The van der Waals surface area contributed by atoms with Crippen LogP contribution in [-0.4, -0.2) is 71.0 Å². The number of aliphatic hydroxyl groups excluding tert-OH is 1. The van der Waals surface area contributed by atoms with Crippen LogP contribution in [0.2, 0.25) is 0 Å². The number of hydrogen-bond acceptors (Lipinski definition) is 4. The van der Waals surface area contributed by atoms with Gasteiger partial charge in [0.05, 0.1) is 5.75 Å². The van der Waals surface area contributed by atoms with Crippen molar-refractivity contribution in [2.75, 3.05) is 39.5 Å².